The number of hydrazine groups is 1. The van der Waals surface area contributed by atoms with Gasteiger partial charge in [-0.15, -0.1) is 11.3 Å². The maximum atomic E-state index is 12.3. The molecule has 2 N–H and O–H groups in total. The third-order valence-corrected chi connectivity index (χ3v) is 5.29. The van der Waals surface area contributed by atoms with Crippen LogP contribution in [-0.2, 0) is 4.74 Å². The Morgan fingerprint density at radius 2 is 1.60 bits per heavy atom. The number of anilines is 1. The average molecular weight is 424 g/mol. The second-order valence-corrected chi connectivity index (χ2v) is 7.30. The summed E-state index contributed by atoms with van der Waals surface area (Å²) >= 11 is 1.39. The summed E-state index contributed by atoms with van der Waals surface area (Å²) in [6, 6.07) is 16.0. The van der Waals surface area contributed by atoms with Crippen LogP contribution in [0.5, 0.6) is 11.5 Å². The van der Waals surface area contributed by atoms with Crippen molar-refractivity contribution in [3.05, 3.63) is 71.2 Å². The molecule has 2 aromatic carbocycles. The van der Waals surface area contributed by atoms with Gasteiger partial charge >= 0.3 is 0 Å². The van der Waals surface area contributed by atoms with E-state index in [1.807, 2.05) is 30.3 Å². The lowest BCUT2D eigenvalue weighted by Gasteiger charge is -2.25. The molecule has 1 aliphatic rings. The summed E-state index contributed by atoms with van der Waals surface area (Å²) in [4.78, 5) is 31.0. The molecule has 0 aliphatic carbocycles. The van der Waals surface area contributed by atoms with Gasteiger partial charge in [-0.1, -0.05) is 18.2 Å². The van der Waals surface area contributed by atoms with Crippen LogP contribution >= 0.6 is 11.3 Å². The topological polar surface area (TPSA) is 92.8 Å². The molecule has 0 unspecified atom stereocenters. The van der Waals surface area contributed by atoms with Crippen molar-refractivity contribution in [1.29, 1.82) is 0 Å². The van der Waals surface area contributed by atoms with Crippen molar-refractivity contribution in [2.24, 2.45) is 0 Å². The van der Waals surface area contributed by atoms with E-state index in [0.29, 0.717) is 30.3 Å². The number of ether oxygens (including phenoxy) is 2. The van der Waals surface area contributed by atoms with E-state index >= 15 is 0 Å². The number of nitrogens with zero attached hydrogens (tertiary/aromatic N) is 2. The number of nitrogens with one attached hydrogen (secondary N) is 2. The summed E-state index contributed by atoms with van der Waals surface area (Å²) < 4.78 is 11.0. The summed E-state index contributed by atoms with van der Waals surface area (Å²) in [7, 11) is 0. The van der Waals surface area contributed by atoms with Gasteiger partial charge < -0.3 is 14.4 Å². The molecule has 9 heteroatoms. The SMILES string of the molecule is O=C(NNC(=O)c1csc(N2CCOCC2)n1)c1ccc(Oc2ccccc2)cc1. The first-order valence-corrected chi connectivity index (χ1v) is 10.3. The Hall–Kier alpha value is -3.43. The van der Waals surface area contributed by atoms with E-state index in [2.05, 4.69) is 20.7 Å². The van der Waals surface area contributed by atoms with Crippen LogP contribution in [-0.4, -0.2) is 43.1 Å². The number of hydrogen-bond acceptors (Lipinski definition) is 7. The monoisotopic (exact) mass is 424 g/mol. The van der Waals surface area contributed by atoms with Gasteiger partial charge in [0.25, 0.3) is 11.8 Å². The molecule has 1 fully saturated rings. The fraction of sp³-hybridized carbons (Fsp3) is 0.190. The largest absolute Gasteiger partial charge is 0.457 e. The molecule has 1 saturated heterocycles. The standard InChI is InChI=1S/C21H20N4O4S/c26-19(15-6-8-17(9-7-15)29-16-4-2-1-3-5-16)23-24-20(27)18-14-30-21(22-18)25-10-12-28-13-11-25/h1-9,14H,10-13H2,(H,23,26)(H,24,27). The maximum absolute atomic E-state index is 12.3. The Labute approximate surface area is 177 Å². The van der Waals surface area contributed by atoms with Crippen LogP contribution < -0.4 is 20.5 Å². The lowest BCUT2D eigenvalue weighted by Crippen LogP contribution is -2.41. The number of amides is 2. The molecule has 2 amide bonds. The van der Waals surface area contributed by atoms with Gasteiger partial charge in [0.15, 0.2) is 5.13 Å². The van der Waals surface area contributed by atoms with E-state index in [9.17, 15) is 9.59 Å². The Kier molecular flexibility index (Phi) is 6.21. The minimum Gasteiger partial charge on any atom is -0.457 e. The van der Waals surface area contributed by atoms with Crippen LogP contribution in [0.3, 0.4) is 0 Å². The van der Waals surface area contributed by atoms with Crippen molar-refractivity contribution in [3.8, 4) is 11.5 Å². The molecule has 3 aromatic rings. The molecule has 8 nitrogen and oxygen atoms in total. The van der Waals surface area contributed by atoms with Crippen molar-refractivity contribution in [2.75, 3.05) is 31.2 Å². The van der Waals surface area contributed by atoms with Gasteiger partial charge in [0.1, 0.15) is 17.2 Å². The van der Waals surface area contributed by atoms with E-state index in [4.69, 9.17) is 9.47 Å². The highest BCUT2D eigenvalue weighted by molar-refractivity contribution is 7.13. The average Bonchev–Trinajstić information content (AvgIpc) is 3.30. The van der Waals surface area contributed by atoms with Crippen LogP contribution in [0.15, 0.2) is 60.0 Å². The van der Waals surface area contributed by atoms with Crippen LogP contribution in [0.25, 0.3) is 0 Å². The van der Waals surface area contributed by atoms with E-state index < -0.39 is 11.8 Å². The Bertz CT molecular complexity index is 1000. The summed E-state index contributed by atoms with van der Waals surface area (Å²) in [6.45, 7) is 2.78. The highest BCUT2D eigenvalue weighted by Gasteiger charge is 2.18. The minimum atomic E-state index is -0.469. The summed E-state index contributed by atoms with van der Waals surface area (Å²) in [5, 5.41) is 2.44. The van der Waals surface area contributed by atoms with Crippen molar-refractivity contribution in [2.45, 2.75) is 0 Å². The lowest BCUT2D eigenvalue weighted by atomic mass is 10.2. The first-order valence-electron chi connectivity index (χ1n) is 9.41. The molecule has 1 aliphatic heterocycles. The van der Waals surface area contributed by atoms with Crippen LogP contribution in [0.4, 0.5) is 5.13 Å². The smallest absolute Gasteiger partial charge is 0.289 e. The van der Waals surface area contributed by atoms with Gasteiger partial charge in [0.2, 0.25) is 0 Å². The molecular weight excluding hydrogens is 404 g/mol. The zero-order valence-corrected chi connectivity index (χ0v) is 16.9. The van der Waals surface area contributed by atoms with Gasteiger partial charge in [-0.2, -0.15) is 0 Å². The number of benzene rings is 2. The molecule has 0 atom stereocenters. The van der Waals surface area contributed by atoms with Gasteiger partial charge in [-0.3, -0.25) is 20.4 Å². The highest BCUT2D eigenvalue weighted by Crippen LogP contribution is 2.22. The molecule has 0 spiro atoms. The lowest BCUT2D eigenvalue weighted by molar-refractivity contribution is 0.0844. The van der Waals surface area contributed by atoms with Gasteiger partial charge in [-0.05, 0) is 36.4 Å². The zero-order valence-electron chi connectivity index (χ0n) is 16.0. The van der Waals surface area contributed by atoms with Crippen molar-refractivity contribution in [1.82, 2.24) is 15.8 Å². The Balaban J connectivity index is 1.29. The molecule has 0 bridgehead atoms. The molecule has 154 valence electrons. The molecule has 0 radical (unpaired) electrons. The normalized spacial score (nSPS) is 13.5. The van der Waals surface area contributed by atoms with Crippen molar-refractivity contribution < 1.29 is 19.1 Å². The first-order chi connectivity index (χ1) is 14.7. The quantitative estimate of drug-likeness (QED) is 0.612. The third-order valence-electron chi connectivity index (χ3n) is 4.39. The molecule has 0 saturated carbocycles. The fourth-order valence-corrected chi connectivity index (χ4v) is 3.68. The Morgan fingerprint density at radius 3 is 2.33 bits per heavy atom. The minimum absolute atomic E-state index is 0.258. The van der Waals surface area contributed by atoms with E-state index in [-0.39, 0.29) is 5.69 Å². The molecule has 4 rings (SSSR count). The number of para-hydroxylation sites is 1. The zero-order chi connectivity index (χ0) is 20.8. The number of morpholine rings is 1. The van der Waals surface area contributed by atoms with Crippen LogP contribution in [0, 0.1) is 0 Å². The molecule has 30 heavy (non-hydrogen) atoms. The van der Waals surface area contributed by atoms with Crippen LogP contribution in [0.2, 0.25) is 0 Å². The summed E-state index contributed by atoms with van der Waals surface area (Å²) in [5.41, 5.74) is 5.46. The third kappa shape index (κ3) is 4.94. The number of thiazole rings is 1. The fourth-order valence-electron chi connectivity index (χ4n) is 2.82. The summed E-state index contributed by atoms with van der Waals surface area (Å²) in [6.07, 6.45) is 0. The van der Waals surface area contributed by atoms with E-state index in [0.717, 1.165) is 18.2 Å². The number of aromatic nitrogens is 1. The second kappa shape index (κ2) is 9.38. The van der Waals surface area contributed by atoms with Crippen molar-refractivity contribution >= 4 is 28.3 Å². The maximum Gasteiger partial charge on any atom is 0.289 e. The molecular formula is C21H20N4O4S. The number of hydrogen-bond donors (Lipinski definition) is 2. The van der Waals surface area contributed by atoms with Crippen molar-refractivity contribution in [3.63, 3.8) is 0 Å². The van der Waals surface area contributed by atoms with Gasteiger partial charge in [0.05, 0.1) is 13.2 Å². The predicted octanol–water partition coefficient (Wildman–Crippen LogP) is 2.85. The summed E-state index contributed by atoms with van der Waals surface area (Å²) in [5.74, 6) is 0.419. The molecule has 1 aromatic heterocycles. The van der Waals surface area contributed by atoms with Gasteiger partial charge in [-0.25, -0.2) is 4.98 Å². The van der Waals surface area contributed by atoms with Gasteiger partial charge in [0, 0.05) is 24.0 Å². The van der Waals surface area contributed by atoms with E-state index in [1.165, 1.54) is 11.3 Å². The Morgan fingerprint density at radius 1 is 0.933 bits per heavy atom. The second-order valence-electron chi connectivity index (χ2n) is 6.46. The predicted molar refractivity (Wildman–Crippen MR) is 113 cm³/mol. The molecule has 2 heterocycles. The van der Waals surface area contributed by atoms with E-state index in [1.54, 1.807) is 29.6 Å². The highest BCUT2D eigenvalue weighted by atomic mass is 32.1. The number of carbonyl (C=O) groups is 2. The number of carbonyl (C=O) groups excluding carboxylic acids is 2. The van der Waals surface area contributed by atoms with Crippen LogP contribution in [0.1, 0.15) is 20.8 Å². The first kappa shape index (κ1) is 19.9. The number of rotatable bonds is 5.